The second kappa shape index (κ2) is 5.97. The van der Waals surface area contributed by atoms with Gasteiger partial charge in [0, 0.05) is 17.1 Å². The van der Waals surface area contributed by atoms with Gasteiger partial charge in [-0.1, -0.05) is 6.07 Å². The average molecular weight is 312 g/mol. The highest BCUT2D eigenvalue weighted by molar-refractivity contribution is 7.98. The smallest absolute Gasteiger partial charge is 0.399 e. The van der Waals surface area contributed by atoms with Gasteiger partial charge in [-0.05, 0) is 49.2 Å². The summed E-state index contributed by atoms with van der Waals surface area (Å²) in [5.41, 5.74) is 6.99. The summed E-state index contributed by atoms with van der Waals surface area (Å²) in [5.74, 6) is 0.199. The number of thioether (sulfide) groups is 1. The Bertz CT molecular complexity index is 634. The molecule has 2 N–H and O–H groups in total. The molecule has 2 rings (SSSR count). The number of rotatable bonds is 3. The number of anilines is 1. The molecule has 0 aliphatic carbocycles. The lowest BCUT2D eigenvalue weighted by Crippen LogP contribution is -2.09. The Hall–Kier alpha value is -1.69. The van der Waals surface area contributed by atoms with Crippen LogP contribution in [0.5, 0.6) is 0 Å². The summed E-state index contributed by atoms with van der Waals surface area (Å²) >= 11 is 1.29. The molecular weight excluding hydrogens is 297 g/mol. The van der Waals surface area contributed by atoms with Crippen LogP contribution in [0.25, 0.3) is 0 Å². The van der Waals surface area contributed by atoms with Crippen LogP contribution in [0, 0.1) is 13.8 Å². The number of hydrogen-bond acceptors (Lipinski definition) is 3. The van der Waals surface area contributed by atoms with E-state index in [4.69, 9.17) is 5.73 Å². The van der Waals surface area contributed by atoms with Gasteiger partial charge in [0.2, 0.25) is 0 Å². The molecule has 0 atom stereocenters. The topological polar surface area (TPSA) is 38.9 Å². The van der Waals surface area contributed by atoms with E-state index in [0.29, 0.717) is 0 Å². The number of aryl methyl sites for hydroxylation is 2. The minimum absolute atomic E-state index is 0.112. The number of nitrogen functional groups attached to an aromatic ring is 1. The standard InChI is InChI=1S/C15H15F3N2S/c1-9-5-10(2)20-14(6-9)21-8-11-3-4-12(19)7-13(11)15(16,17)18/h3-7H,8,19H2,1-2H3. The summed E-state index contributed by atoms with van der Waals surface area (Å²) in [5, 5.41) is 0.720. The highest BCUT2D eigenvalue weighted by atomic mass is 32.2. The lowest BCUT2D eigenvalue weighted by molar-refractivity contribution is -0.138. The van der Waals surface area contributed by atoms with Crippen LogP contribution in [-0.4, -0.2) is 4.98 Å². The van der Waals surface area contributed by atoms with Crippen molar-refractivity contribution in [3.63, 3.8) is 0 Å². The number of pyridine rings is 1. The van der Waals surface area contributed by atoms with Crippen LogP contribution >= 0.6 is 11.8 Å². The molecule has 1 heterocycles. The molecular formula is C15H15F3N2S. The van der Waals surface area contributed by atoms with Crippen molar-refractivity contribution >= 4 is 17.4 Å². The molecule has 0 saturated heterocycles. The van der Waals surface area contributed by atoms with Crippen LogP contribution in [0.1, 0.15) is 22.4 Å². The van der Waals surface area contributed by atoms with Gasteiger partial charge < -0.3 is 5.73 Å². The molecule has 2 nitrogen and oxygen atoms in total. The van der Waals surface area contributed by atoms with Crippen molar-refractivity contribution in [3.05, 3.63) is 52.7 Å². The Morgan fingerprint density at radius 3 is 2.48 bits per heavy atom. The van der Waals surface area contributed by atoms with Gasteiger partial charge in [-0.15, -0.1) is 11.8 Å². The first-order valence-electron chi connectivity index (χ1n) is 6.29. The highest BCUT2D eigenvalue weighted by Crippen LogP contribution is 2.35. The fourth-order valence-electron chi connectivity index (χ4n) is 2.01. The highest BCUT2D eigenvalue weighted by Gasteiger charge is 2.33. The van der Waals surface area contributed by atoms with Crippen molar-refractivity contribution in [3.8, 4) is 0 Å². The van der Waals surface area contributed by atoms with Gasteiger partial charge in [0.15, 0.2) is 0 Å². The zero-order valence-corrected chi connectivity index (χ0v) is 12.5. The van der Waals surface area contributed by atoms with Gasteiger partial charge in [-0.3, -0.25) is 0 Å². The molecule has 0 aliphatic rings. The van der Waals surface area contributed by atoms with Gasteiger partial charge in [0.05, 0.1) is 10.6 Å². The van der Waals surface area contributed by atoms with E-state index in [1.54, 1.807) is 0 Å². The fourth-order valence-corrected chi connectivity index (χ4v) is 3.05. The van der Waals surface area contributed by atoms with Crippen LogP contribution < -0.4 is 5.73 Å². The molecule has 0 unspecified atom stereocenters. The van der Waals surface area contributed by atoms with Gasteiger partial charge >= 0.3 is 6.18 Å². The predicted octanol–water partition coefficient (Wildman–Crippen LogP) is 4.59. The number of alkyl halides is 3. The van der Waals surface area contributed by atoms with Crippen molar-refractivity contribution in [2.75, 3.05) is 5.73 Å². The van der Waals surface area contributed by atoms with E-state index in [2.05, 4.69) is 4.98 Å². The molecule has 2 aromatic rings. The van der Waals surface area contributed by atoms with Crippen molar-refractivity contribution in [2.45, 2.75) is 30.8 Å². The van der Waals surface area contributed by atoms with Crippen LogP contribution in [-0.2, 0) is 11.9 Å². The Kier molecular flexibility index (Phi) is 4.46. The van der Waals surface area contributed by atoms with Crippen LogP contribution in [0.15, 0.2) is 35.4 Å². The molecule has 6 heteroatoms. The van der Waals surface area contributed by atoms with E-state index in [9.17, 15) is 13.2 Å². The average Bonchev–Trinajstić information content (AvgIpc) is 2.35. The third kappa shape index (κ3) is 4.14. The maximum Gasteiger partial charge on any atom is 0.416 e. The van der Waals surface area contributed by atoms with E-state index in [0.717, 1.165) is 22.3 Å². The zero-order chi connectivity index (χ0) is 15.6. The van der Waals surface area contributed by atoms with E-state index in [1.165, 1.54) is 23.9 Å². The number of nitrogens with two attached hydrogens (primary N) is 1. The molecule has 0 fully saturated rings. The van der Waals surface area contributed by atoms with Crippen LogP contribution in [0.3, 0.4) is 0 Å². The van der Waals surface area contributed by atoms with E-state index in [1.807, 2.05) is 26.0 Å². The van der Waals surface area contributed by atoms with Crippen molar-refractivity contribution < 1.29 is 13.2 Å². The molecule has 0 bridgehead atoms. The quantitative estimate of drug-likeness (QED) is 0.665. The van der Waals surface area contributed by atoms with E-state index < -0.39 is 11.7 Å². The molecule has 0 saturated carbocycles. The summed E-state index contributed by atoms with van der Waals surface area (Å²) in [7, 11) is 0. The Labute approximate surface area is 125 Å². The van der Waals surface area contributed by atoms with Gasteiger partial charge in [0.25, 0.3) is 0 Å². The lowest BCUT2D eigenvalue weighted by Gasteiger charge is -2.13. The largest absolute Gasteiger partial charge is 0.416 e. The number of halogens is 3. The van der Waals surface area contributed by atoms with Gasteiger partial charge in [0.1, 0.15) is 0 Å². The second-order valence-corrected chi connectivity index (χ2v) is 5.82. The molecule has 1 aromatic carbocycles. The summed E-state index contributed by atoms with van der Waals surface area (Å²) in [6.07, 6.45) is -4.40. The molecule has 0 spiro atoms. The third-order valence-corrected chi connectivity index (χ3v) is 3.85. The van der Waals surface area contributed by atoms with Gasteiger partial charge in [-0.25, -0.2) is 4.98 Å². The first kappa shape index (κ1) is 15.7. The predicted molar refractivity (Wildman–Crippen MR) is 79.1 cm³/mol. The fraction of sp³-hybridized carbons (Fsp3) is 0.267. The van der Waals surface area contributed by atoms with E-state index >= 15 is 0 Å². The van der Waals surface area contributed by atoms with Crippen molar-refractivity contribution in [1.82, 2.24) is 4.98 Å². The maximum atomic E-state index is 13.0. The van der Waals surface area contributed by atoms with E-state index in [-0.39, 0.29) is 17.0 Å². The van der Waals surface area contributed by atoms with Crippen molar-refractivity contribution in [2.24, 2.45) is 0 Å². The molecule has 0 aliphatic heterocycles. The molecule has 0 radical (unpaired) electrons. The number of nitrogens with zero attached hydrogens (tertiary/aromatic N) is 1. The Morgan fingerprint density at radius 1 is 1.14 bits per heavy atom. The first-order valence-corrected chi connectivity index (χ1v) is 7.28. The zero-order valence-electron chi connectivity index (χ0n) is 11.7. The summed E-state index contributed by atoms with van der Waals surface area (Å²) in [6.45, 7) is 3.80. The maximum absolute atomic E-state index is 13.0. The minimum atomic E-state index is -4.40. The lowest BCUT2D eigenvalue weighted by atomic mass is 10.1. The third-order valence-electron chi connectivity index (χ3n) is 2.89. The van der Waals surface area contributed by atoms with Crippen LogP contribution in [0.2, 0.25) is 0 Å². The normalized spacial score (nSPS) is 11.7. The SMILES string of the molecule is Cc1cc(C)nc(SCc2ccc(N)cc2C(F)(F)F)c1. The Balaban J connectivity index is 2.24. The molecule has 0 amide bonds. The molecule has 112 valence electrons. The summed E-state index contributed by atoms with van der Waals surface area (Å²) < 4.78 is 39.0. The van der Waals surface area contributed by atoms with Crippen molar-refractivity contribution in [1.29, 1.82) is 0 Å². The number of aromatic nitrogens is 1. The number of benzene rings is 1. The Morgan fingerprint density at radius 2 is 1.86 bits per heavy atom. The summed E-state index contributed by atoms with van der Waals surface area (Å²) in [6, 6.07) is 7.68. The van der Waals surface area contributed by atoms with Crippen LogP contribution in [0.4, 0.5) is 18.9 Å². The van der Waals surface area contributed by atoms with Gasteiger partial charge in [-0.2, -0.15) is 13.2 Å². The molecule has 21 heavy (non-hydrogen) atoms. The second-order valence-electron chi connectivity index (χ2n) is 4.83. The molecule has 1 aromatic heterocycles. The summed E-state index contributed by atoms with van der Waals surface area (Å²) in [4.78, 5) is 4.32. The first-order chi connectivity index (χ1) is 9.75. The minimum Gasteiger partial charge on any atom is -0.399 e. The number of hydrogen-bond donors (Lipinski definition) is 1. The monoisotopic (exact) mass is 312 g/mol.